The molecule has 0 radical (unpaired) electrons. The lowest BCUT2D eigenvalue weighted by Gasteiger charge is -2.30. The number of likely N-dealkylation sites (tertiary alicyclic amines) is 2. The molecule has 2 atom stereocenters. The van der Waals surface area contributed by atoms with Crippen molar-refractivity contribution in [2.75, 3.05) is 46.4 Å². The molecule has 2 aliphatic heterocycles. The van der Waals surface area contributed by atoms with Gasteiger partial charge in [-0.1, -0.05) is 0 Å². The van der Waals surface area contributed by atoms with Crippen molar-refractivity contribution >= 4 is 11.3 Å². The topological polar surface area (TPSA) is 28.6 Å². The van der Waals surface area contributed by atoms with Gasteiger partial charge < -0.3 is 9.64 Å². The molecule has 0 bridgehead atoms. The Morgan fingerprint density at radius 1 is 1.35 bits per heavy atom. The summed E-state index contributed by atoms with van der Waals surface area (Å²) in [6.07, 6.45) is 4.24. The third-order valence-electron chi connectivity index (χ3n) is 6.14. The van der Waals surface area contributed by atoms with Gasteiger partial charge in [-0.15, -0.1) is 11.3 Å². The summed E-state index contributed by atoms with van der Waals surface area (Å²) in [6, 6.07) is 0. The van der Waals surface area contributed by atoms with Crippen molar-refractivity contribution < 1.29 is 4.74 Å². The molecular formula is C18H29N3OS. The second-order valence-corrected chi connectivity index (χ2v) is 8.91. The van der Waals surface area contributed by atoms with E-state index in [1.165, 1.54) is 62.6 Å². The molecule has 2 saturated heterocycles. The molecule has 1 aliphatic carbocycles. The third kappa shape index (κ3) is 3.34. The molecular weight excluding hydrogens is 306 g/mol. The lowest BCUT2D eigenvalue weighted by atomic mass is 9.77. The van der Waals surface area contributed by atoms with E-state index in [0.29, 0.717) is 11.3 Å². The predicted molar refractivity (Wildman–Crippen MR) is 93.7 cm³/mol. The molecule has 4 rings (SSSR count). The molecule has 3 aliphatic rings. The largest absolute Gasteiger partial charge is 0.384 e. The van der Waals surface area contributed by atoms with Crippen LogP contribution in [-0.4, -0.2) is 61.2 Å². The summed E-state index contributed by atoms with van der Waals surface area (Å²) in [6.45, 7) is 10.5. The van der Waals surface area contributed by atoms with Gasteiger partial charge in [0.15, 0.2) is 0 Å². The number of hydrogen-bond acceptors (Lipinski definition) is 5. The molecule has 0 N–H and O–H groups in total. The van der Waals surface area contributed by atoms with E-state index in [1.54, 1.807) is 0 Å². The van der Waals surface area contributed by atoms with Gasteiger partial charge in [-0.25, -0.2) is 4.98 Å². The number of aryl methyl sites for hydroxylation is 1. The van der Waals surface area contributed by atoms with E-state index in [9.17, 15) is 0 Å². The number of ether oxygens (including phenoxy) is 1. The van der Waals surface area contributed by atoms with Gasteiger partial charge >= 0.3 is 0 Å². The van der Waals surface area contributed by atoms with Gasteiger partial charge in [-0.2, -0.15) is 0 Å². The molecule has 1 saturated carbocycles. The van der Waals surface area contributed by atoms with Crippen LogP contribution in [0, 0.1) is 24.2 Å². The highest BCUT2D eigenvalue weighted by Gasteiger charge is 2.50. The molecule has 0 aromatic carbocycles. The molecule has 5 heteroatoms. The number of nitrogens with zero attached hydrogens (tertiary/aromatic N) is 3. The van der Waals surface area contributed by atoms with E-state index in [0.717, 1.165) is 19.1 Å². The lowest BCUT2D eigenvalue weighted by Crippen LogP contribution is -2.36. The van der Waals surface area contributed by atoms with Crippen LogP contribution in [0.25, 0.3) is 0 Å². The molecule has 128 valence electrons. The van der Waals surface area contributed by atoms with Gasteiger partial charge in [0, 0.05) is 56.0 Å². The van der Waals surface area contributed by atoms with Crippen molar-refractivity contribution in [1.29, 1.82) is 0 Å². The van der Waals surface area contributed by atoms with Gasteiger partial charge in [0.1, 0.15) is 0 Å². The predicted octanol–water partition coefficient (Wildman–Crippen LogP) is 2.63. The van der Waals surface area contributed by atoms with Crippen molar-refractivity contribution in [2.45, 2.75) is 32.7 Å². The number of methoxy groups -OCH3 is 1. The second-order valence-electron chi connectivity index (χ2n) is 7.97. The van der Waals surface area contributed by atoms with Crippen LogP contribution >= 0.6 is 11.3 Å². The Morgan fingerprint density at radius 2 is 2.17 bits per heavy atom. The first kappa shape index (κ1) is 16.0. The highest BCUT2D eigenvalue weighted by atomic mass is 32.1. The Balaban J connectivity index is 1.42. The van der Waals surface area contributed by atoms with Crippen LogP contribution in [-0.2, 0) is 11.3 Å². The molecule has 4 nitrogen and oxygen atoms in total. The summed E-state index contributed by atoms with van der Waals surface area (Å²) in [5.74, 6) is 1.70. The summed E-state index contributed by atoms with van der Waals surface area (Å²) in [5, 5.41) is 0. The van der Waals surface area contributed by atoms with Gasteiger partial charge in [-0.3, -0.25) is 4.90 Å². The Bertz CT molecular complexity index is 544. The smallest absolute Gasteiger partial charge is 0.0798 e. The fourth-order valence-electron chi connectivity index (χ4n) is 4.64. The lowest BCUT2D eigenvalue weighted by molar-refractivity contribution is 0.0959. The molecule has 1 spiro atoms. The number of rotatable bonds is 6. The van der Waals surface area contributed by atoms with Crippen molar-refractivity contribution in [2.24, 2.45) is 17.3 Å². The van der Waals surface area contributed by atoms with Crippen LogP contribution in [0.1, 0.15) is 29.8 Å². The number of aromatic nitrogens is 1. The summed E-state index contributed by atoms with van der Waals surface area (Å²) < 4.78 is 5.59. The normalized spacial score (nSPS) is 32.3. The summed E-state index contributed by atoms with van der Waals surface area (Å²) in [5.41, 5.74) is 3.66. The minimum absolute atomic E-state index is 0.462. The fraction of sp³-hybridized carbons (Fsp3) is 0.833. The first-order valence-electron chi connectivity index (χ1n) is 9.01. The zero-order chi connectivity index (χ0) is 15.9. The third-order valence-corrected chi connectivity index (χ3v) is 7.06. The van der Waals surface area contributed by atoms with Crippen LogP contribution in [0.5, 0.6) is 0 Å². The second kappa shape index (κ2) is 6.43. The van der Waals surface area contributed by atoms with E-state index < -0.39 is 0 Å². The Kier molecular flexibility index (Phi) is 4.47. The standard InChI is InChI=1S/C18H29N3OS/c1-14-17(23-13-19-14)9-20-6-5-18(11-20)12-21(7-15-3-4-15)8-16(18)10-22-2/h13,15-16H,3-12H2,1-2H3/t16-,18-/m0/s1. The maximum Gasteiger partial charge on any atom is 0.0798 e. The maximum absolute atomic E-state index is 5.59. The molecule has 1 aromatic rings. The Morgan fingerprint density at radius 3 is 2.87 bits per heavy atom. The van der Waals surface area contributed by atoms with E-state index in [1.807, 2.05) is 24.0 Å². The average molecular weight is 336 g/mol. The summed E-state index contributed by atoms with van der Waals surface area (Å²) in [7, 11) is 1.87. The quantitative estimate of drug-likeness (QED) is 0.799. The van der Waals surface area contributed by atoms with Gasteiger partial charge in [0.05, 0.1) is 17.8 Å². The first-order valence-corrected chi connectivity index (χ1v) is 9.89. The maximum atomic E-state index is 5.59. The zero-order valence-electron chi connectivity index (χ0n) is 14.5. The van der Waals surface area contributed by atoms with Gasteiger partial charge in [-0.05, 0) is 38.6 Å². The molecule has 1 aromatic heterocycles. The van der Waals surface area contributed by atoms with E-state index in [-0.39, 0.29) is 0 Å². The van der Waals surface area contributed by atoms with Crippen molar-refractivity contribution in [3.05, 3.63) is 16.1 Å². The summed E-state index contributed by atoms with van der Waals surface area (Å²) >= 11 is 1.81. The average Bonchev–Trinajstić information content (AvgIpc) is 2.96. The van der Waals surface area contributed by atoms with Crippen molar-refractivity contribution in [3.8, 4) is 0 Å². The van der Waals surface area contributed by atoms with Crippen molar-refractivity contribution in [3.63, 3.8) is 0 Å². The van der Waals surface area contributed by atoms with Crippen LogP contribution in [0.2, 0.25) is 0 Å². The number of hydrogen-bond donors (Lipinski definition) is 0. The van der Waals surface area contributed by atoms with Crippen LogP contribution in [0.3, 0.4) is 0 Å². The molecule has 3 heterocycles. The van der Waals surface area contributed by atoms with Crippen LogP contribution < -0.4 is 0 Å². The van der Waals surface area contributed by atoms with Gasteiger partial charge in [0.25, 0.3) is 0 Å². The van der Waals surface area contributed by atoms with E-state index in [2.05, 4.69) is 21.7 Å². The Hall–Kier alpha value is -0.490. The van der Waals surface area contributed by atoms with Gasteiger partial charge in [0.2, 0.25) is 0 Å². The highest BCUT2D eigenvalue weighted by Crippen LogP contribution is 2.45. The monoisotopic (exact) mass is 335 g/mol. The molecule has 23 heavy (non-hydrogen) atoms. The fourth-order valence-corrected chi connectivity index (χ4v) is 5.46. The van der Waals surface area contributed by atoms with Crippen LogP contribution in [0.15, 0.2) is 5.51 Å². The summed E-state index contributed by atoms with van der Waals surface area (Å²) in [4.78, 5) is 11.2. The highest BCUT2D eigenvalue weighted by molar-refractivity contribution is 7.09. The molecule has 3 fully saturated rings. The first-order chi connectivity index (χ1) is 11.2. The minimum atomic E-state index is 0.462. The van der Waals surface area contributed by atoms with Crippen LogP contribution in [0.4, 0.5) is 0 Å². The minimum Gasteiger partial charge on any atom is -0.384 e. The Labute approximate surface area is 143 Å². The van der Waals surface area contributed by atoms with E-state index in [4.69, 9.17) is 4.74 Å². The zero-order valence-corrected chi connectivity index (χ0v) is 15.3. The SMILES string of the molecule is COC[C@@H]1CN(CC2CC2)C[C@@]12CCN(Cc1scnc1C)C2. The molecule has 0 amide bonds. The van der Waals surface area contributed by atoms with E-state index >= 15 is 0 Å². The van der Waals surface area contributed by atoms with Crippen molar-refractivity contribution in [1.82, 2.24) is 14.8 Å². The molecule has 0 unspecified atom stereocenters. The number of thiazole rings is 1.